The van der Waals surface area contributed by atoms with Crippen LogP contribution in [0.2, 0.25) is 0 Å². The highest BCUT2D eigenvalue weighted by Gasteiger charge is 2.45. The van der Waals surface area contributed by atoms with Crippen LogP contribution in [0.15, 0.2) is 53.9 Å². The molecule has 1 fully saturated rings. The van der Waals surface area contributed by atoms with Crippen LogP contribution in [-0.4, -0.2) is 62.5 Å². The molecule has 2 aliphatic heterocycles. The van der Waals surface area contributed by atoms with Crippen LogP contribution in [0, 0.1) is 12.8 Å². The summed E-state index contributed by atoms with van der Waals surface area (Å²) in [6.07, 6.45) is -0.732. The largest absolute Gasteiger partial charge is 0.508 e. The first-order chi connectivity index (χ1) is 18.7. The molecule has 204 valence electrons. The third-order valence-corrected chi connectivity index (χ3v) is 8.66. The molecule has 0 aliphatic carbocycles. The number of hydrogen-bond acceptors (Lipinski definition) is 6. The first-order valence-electron chi connectivity index (χ1n) is 13.2. The van der Waals surface area contributed by atoms with Crippen molar-refractivity contribution < 1.29 is 24.6 Å². The van der Waals surface area contributed by atoms with E-state index >= 15 is 0 Å². The van der Waals surface area contributed by atoms with Gasteiger partial charge in [0.25, 0.3) is 5.91 Å². The van der Waals surface area contributed by atoms with Crippen LogP contribution in [0.5, 0.6) is 5.75 Å². The molecule has 0 unspecified atom stereocenters. The zero-order valence-corrected chi connectivity index (χ0v) is 23.1. The van der Waals surface area contributed by atoms with Crippen LogP contribution in [0.25, 0.3) is 10.4 Å². The van der Waals surface area contributed by atoms with E-state index in [2.05, 4.69) is 5.32 Å². The lowest BCUT2D eigenvalue weighted by Crippen LogP contribution is -2.55. The fourth-order valence-electron chi connectivity index (χ4n) is 5.58. The van der Waals surface area contributed by atoms with Crippen molar-refractivity contribution >= 4 is 29.1 Å². The molecular weight excluding hydrogens is 514 g/mol. The Morgan fingerprint density at radius 1 is 1.15 bits per heavy atom. The van der Waals surface area contributed by atoms with Gasteiger partial charge in [-0.1, -0.05) is 44.2 Å². The molecule has 0 saturated carbocycles. The van der Waals surface area contributed by atoms with Gasteiger partial charge in [0, 0.05) is 42.1 Å². The van der Waals surface area contributed by atoms with E-state index in [4.69, 9.17) is 0 Å². The number of phenolic OH excluding ortho intramolecular Hbond substituents is 1. The maximum atomic E-state index is 13.8. The lowest BCUT2D eigenvalue weighted by molar-refractivity contribution is -0.143. The van der Waals surface area contributed by atoms with Gasteiger partial charge < -0.3 is 25.3 Å². The minimum Gasteiger partial charge on any atom is -0.508 e. The number of aliphatic hydroxyl groups excluding tert-OH is 1. The number of nitrogens with one attached hydrogen (secondary N) is 1. The van der Waals surface area contributed by atoms with E-state index in [9.17, 15) is 24.6 Å². The number of hydrogen-bond donors (Lipinski definition) is 3. The fraction of sp³-hybridized carbons (Fsp3) is 0.367. The van der Waals surface area contributed by atoms with Crippen LogP contribution >= 0.6 is 11.3 Å². The van der Waals surface area contributed by atoms with Gasteiger partial charge in [0.05, 0.1) is 6.10 Å². The summed E-state index contributed by atoms with van der Waals surface area (Å²) in [5.41, 5.74) is 4.05. The van der Waals surface area contributed by atoms with Crippen LogP contribution in [-0.2, 0) is 22.7 Å². The molecule has 8 nitrogen and oxygen atoms in total. The second kappa shape index (κ2) is 10.8. The monoisotopic (exact) mass is 547 g/mol. The summed E-state index contributed by atoms with van der Waals surface area (Å²) in [5.74, 6) is -1.07. The van der Waals surface area contributed by atoms with Gasteiger partial charge >= 0.3 is 0 Å². The molecule has 3 aromatic rings. The number of thiophene rings is 1. The van der Waals surface area contributed by atoms with Gasteiger partial charge in [-0.15, -0.1) is 11.3 Å². The number of nitrogens with zero attached hydrogens (tertiary/aromatic N) is 2. The van der Waals surface area contributed by atoms with Crippen molar-refractivity contribution in [3.8, 4) is 16.2 Å². The Morgan fingerprint density at radius 3 is 2.59 bits per heavy atom. The molecule has 0 bridgehead atoms. The van der Waals surface area contributed by atoms with Gasteiger partial charge in [0.1, 0.15) is 17.8 Å². The molecule has 2 aromatic carbocycles. The Bertz CT molecular complexity index is 1420. The van der Waals surface area contributed by atoms with E-state index in [0.717, 1.165) is 21.6 Å². The van der Waals surface area contributed by atoms with Crippen molar-refractivity contribution in [2.75, 3.05) is 6.54 Å². The first kappa shape index (κ1) is 26.9. The van der Waals surface area contributed by atoms with Gasteiger partial charge in [0.15, 0.2) is 0 Å². The third-order valence-electron chi connectivity index (χ3n) is 7.60. The highest BCUT2D eigenvalue weighted by atomic mass is 32.1. The summed E-state index contributed by atoms with van der Waals surface area (Å²) >= 11 is 1.60. The Morgan fingerprint density at radius 2 is 1.92 bits per heavy atom. The molecule has 1 aromatic heterocycles. The first-order valence-corrected chi connectivity index (χ1v) is 14.0. The van der Waals surface area contributed by atoms with E-state index in [1.807, 2.05) is 50.4 Å². The zero-order valence-electron chi connectivity index (χ0n) is 22.3. The average molecular weight is 548 g/mol. The zero-order chi connectivity index (χ0) is 27.8. The van der Waals surface area contributed by atoms with Crippen molar-refractivity contribution in [3.05, 3.63) is 76.2 Å². The Labute approximate surface area is 231 Å². The van der Waals surface area contributed by atoms with E-state index < -0.39 is 24.1 Å². The van der Waals surface area contributed by atoms with E-state index in [-0.39, 0.29) is 43.0 Å². The van der Waals surface area contributed by atoms with Crippen LogP contribution < -0.4 is 5.32 Å². The normalized spacial score (nSPS) is 19.5. The maximum Gasteiger partial charge on any atom is 0.255 e. The van der Waals surface area contributed by atoms with Crippen molar-refractivity contribution in [2.45, 2.75) is 58.5 Å². The second-order valence-electron chi connectivity index (χ2n) is 10.7. The second-order valence-corrected chi connectivity index (χ2v) is 11.6. The highest BCUT2D eigenvalue weighted by molar-refractivity contribution is 7.13. The standard InChI is InChI=1S/C30H33N3O5S/c1-17(2)26(33-15-21-6-4-5-7-23(21)29(33)37)30(38)32-16-22(34)13-24(32)28(36)31-14-20-9-8-19(12-25(20)35)27-18(3)10-11-39-27/h4-12,17,22,24,26,34-35H,13-16H2,1-3H3,(H,31,36)/t22-,24+,26+/m1/s1. The quantitative estimate of drug-likeness (QED) is 0.418. The molecule has 1 saturated heterocycles. The summed E-state index contributed by atoms with van der Waals surface area (Å²) < 4.78 is 0. The number of amides is 3. The van der Waals surface area contributed by atoms with Crippen LogP contribution in [0.3, 0.4) is 0 Å². The molecule has 2 aliphatic rings. The number of carbonyl (C=O) groups is 3. The lowest BCUT2D eigenvalue weighted by atomic mass is 10.0. The summed E-state index contributed by atoms with van der Waals surface area (Å²) in [6.45, 7) is 6.21. The number of fused-ring (bicyclic) bond motifs is 1. The summed E-state index contributed by atoms with van der Waals surface area (Å²) in [5, 5.41) is 25.9. The van der Waals surface area contributed by atoms with Crippen molar-refractivity contribution in [1.29, 1.82) is 0 Å². The maximum absolute atomic E-state index is 13.8. The Balaban J connectivity index is 1.29. The topological polar surface area (TPSA) is 110 Å². The van der Waals surface area contributed by atoms with Gasteiger partial charge in [-0.05, 0) is 53.1 Å². The molecule has 39 heavy (non-hydrogen) atoms. The molecule has 5 rings (SSSR count). The third kappa shape index (κ3) is 5.16. The van der Waals surface area contributed by atoms with Gasteiger partial charge in [0.2, 0.25) is 11.8 Å². The molecule has 0 radical (unpaired) electrons. The van der Waals surface area contributed by atoms with Gasteiger partial charge in [-0.3, -0.25) is 14.4 Å². The molecule has 3 atom stereocenters. The number of rotatable bonds is 7. The number of benzene rings is 2. The lowest BCUT2D eigenvalue weighted by Gasteiger charge is -2.35. The molecule has 9 heteroatoms. The van der Waals surface area contributed by atoms with Crippen LogP contribution in [0.4, 0.5) is 0 Å². The van der Waals surface area contributed by atoms with Crippen molar-refractivity contribution in [1.82, 2.24) is 15.1 Å². The fourth-order valence-corrected chi connectivity index (χ4v) is 6.50. The smallest absolute Gasteiger partial charge is 0.255 e. The number of β-amino-alcohol motifs (C(OH)–C–C–N with tert-alkyl or cyclic N) is 1. The van der Waals surface area contributed by atoms with Crippen LogP contribution in [0.1, 0.15) is 47.3 Å². The number of phenols is 1. The molecule has 3 amide bonds. The van der Waals surface area contributed by atoms with E-state index in [0.29, 0.717) is 17.7 Å². The SMILES string of the molecule is Cc1ccsc1-c1ccc(CNC(=O)[C@@H]2C[C@@H](O)CN2C(=O)[C@H](C(C)C)N2Cc3ccccc3C2=O)c(O)c1. The number of aliphatic hydroxyl groups is 1. The Hall–Kier alpha value is -3.69. The predicted molar refractivity (Wildman–Crippen MR) is 149 cm³/mol. The number of aryl methyl sites for hydroxylation is 1. The van der Waals surface area contributed by atoms with E-state index in [1.165, 1.54) is 4.90 Å². The minimum atomic E-state index is -0.871. The number of likely N-dealkylation sites (tertiary alicyclic amines) is 1. The van der Waals surface area contributed by atoms with Crippen molar-refractivity contribution in [3.63, 3.8) is 0 Å². The number of carbonyl (C=O) groups excluding carboxylic acids is 3. The molecule has 3 N–H and O–H groups in total. The van der Waals surface area contributed by atoms with Gasteiger partial charge in [-0.25, -0.2) is 0 Å². The summed E-state index contributed by atoms with van der Waals surface area (Å²) in [7, 11) is 0. The highest BCUT2D eigenvalue weighted by Crippen LogP contribution is 2.33. The average Bonchev–Trinajstić information content (AvgIpc) is 3.60. The molecular formula is C30H33N3O5S. The molecule has 0 spiro atoms. The van der Waals surface area contributed by atoms with Crippen molar-refractivity contribution in [2.24, 2.45) is 5.92 Å². The summed E-state index contributed by atoms with van der Waals surface area (Å²) in [6, 6.07) is 13.1. The number of aromatic hydroxyl groups is 1. The summed E-state index contributed by atoms with van der Waals surface area (Å²) in [4.78, 5) is 44.3. The Kier molecular flexibility index (Phi) is 7.46. The minimum absolute atomic E-state index is 0.0230. The van der Waals surface area contributed by atoms with Gasteiger partial charge in [-0.2, -0.15) is 0 Å². The molecule has 3 heterocycles. The van der Waals surface area contributed by atoms with E-state index in [1.54, 1.807) is 40.5 Å². The predicted octanol–water partition coefficient (Wildman–Crippen LogP) is 3.69.